The molecule has 4 aromatic rings. The van der Waals surface area contributed by atoms with Crippen molar-refractivity contribution in [1.82, 2.24) is 4.57 Å². The van der Waals surface area contributed by atoms with Gasteiger partial charge in [0.2, 0.25) is 17.7 Å². The monoisotopic (exact) mass is 635 g/mol. The zero-order valence-corrected chi connectivity index (χ0v) is 25.7. The molecule has 2 aliphatic heterocycles. The van der Waals surface area contributed by atoms with Gasteiger partial charge in [-0.1, -0.05) is 58.5 Å². The Morgan fingerprint density at radius 1 is 0.930 bits per heavy atom. The Labute approximate surface area is 260 Å². The molecule has 1 N–H and O–H groups in total. The van der Waals surface area contributed by atoms with Crippen LogP contribution in [0.15, 0.2) is 76.6 Å². The molecule has 3 atom stereocenters. The first-order valence-electron chi connectivity index (χ1n) is 13.3. The second-order valence-electron chi connectivity index (χ2n) is 10.2. The summed E-state index contributed by atoms with van der Waals surface area (Å²) in [7, 11) is 3.04. The maximum Gasteiger partial charge on any atom is 0.308 e. The van der Waals surface area contributed by atoms with Crippen LogP contribution in [0.5, 0.6) is 11.5 Å². The Bertz CT molecular complexity index is 1800. The quantitative estimate of drug-likeness (QED) is 0.274. The van der Waals surface area contributed by atoms with E-state index >= 15 is 0 Å². The highest BCUT2D eigenvalue weighted by Crippen LogP contribution is 2.54. The fourth-order valence-corrected chi connectivity index (χ4v) is 8.39. The molecule has 43 heavy (non-hydrogen) atoms. The third-order valence-electron chi connectivity index (χ3n) is 7.54. The SMILES string of the molecule is COc1ccc([C@H]2c3sc(=O)n(CC(=O)Nc4ccc(C)cc4)c3SC3C(=O)N(c4ccc(Cl)cc4)C(=O)C32)cc1OC. The van der Waals surface area contributed by atoms with Crippen molar-refractivity contribution < 1.29 is 23.9 Å². The molecule has 0 aliphatic carbocycles. The van der Waals surface area contributed by atoms with E-state index in [0.29, 0.717) is 43.4 Å². The van der Waals surface area contributed by atoms with Crippen LogP contribution < -0.4 is 24.6 Å². The molecular weight excluding hydrogens is 610 g/mol. The third-order valence-corrected chi connectivity index (χ3v) is 10.4. The van der Waals surface area contributed by atoms with Gasteiger partial charge in [0.15, 0.2) is 11.5 Å². The van der Waals surface area contributed by atoms with Crippen molar-refractivity contribution in [2.24, 2.45) is 5.92 Å². The van der Waals surface area contributed by atoms with Crippen LogP contribution in [0.2, 0.25) is 5.02 Å². The summed E-state index contributed by atoms with van der Waals surface area (Å²) in [6.07, 6.45) is 0. The molecule has 0 bridgehead atoms. The Morgan fingerprint density at radius 3 is 2.30 bits per heavy atom. The number of carbonyl (C=O) groups excluding carboxylic acids is 3. The van der Waals surface area contributed by atoms with Crippen LogP contribution >= 0.6 is 34.7 Å². The highest BCUT2D eigenvalue weighted by molar-refractivity contribution is 8.00. The average Bonchev–Trinajstić information content (AvgIpc) is 3.44. The molecule has 9 nitrogen and oxygen atoms in total. The lowest BCUT2D eigenvalue weighted by Crippen LogP contribution is -2.33. The fraction of sp³-hybridized carbons (Fsp3) is 0.226. The number of methoxy groups -OCH3 is 2. The number of amides is 3. The highest BCUT2D eigenvalue weighted by atomic mass is 35.5. The van der Waals surface area contributed by atoms with Gasteiger partial charge in [-0.05, 0) is 61.0 Å². The number of nitrogens with one attached hydrogen (secondary N) is 1. The van der Waals surface area contributed by atoms with Crippen molar-refractivity contribution in [2.75, 3.05) is 24.4 Å². The van der Waals surface area contributed by atoms with Crippen LogP contribution in [-0.4, -0.2) is 41.8 Å². The molecule has 12 heteroatoms. The van der Waals surface area contributed by atoms with Gasteiger partial charge < -0.3 is 14.8 Å². The number of aryl methyl sites for hydroxylation is 1. The minimum Gasteiger partial charge on any atom is -0.493 e. The van der Waals surface area contributed by atoms with Crippen molar-refractivity contribution in [2.45, 2.75) is 29.7 Å². The van der Waals surface area contributed by atoms with Gasteiger partial charge >= 0.3 is 4.87 Å². The van der Waals surface area contributed by atoms with Crippen LogP contribution in [0.1, 0.15) is 21.9 Å². The number of carbonyl (C=O) groups is 3. The molecule has 0 spiro atoms. The predicted octanol–water partition coefficient (Wildman–Crippen LogP) is 5.32. The summed E-state index contributed by atoms with van der Waals surface area (Å²) in [6, 6.07) is 19.2. The van der Waals surface area contributed by atoms with Gasteiger partial charge in [0.1, 0.15) is 11.8 Å². The maximum absolute atomic E-state index is 14.1. The number of ether oxygens (including phenoxy) is 2. The van der Waals surface area contributed by atoms with Crippen LogP contribution in [0, 0.1) is 12.8 Å². The van der Waals surface area contributed by atoms with Gasteiger partial charge in [-0.2, -0.15) is 0 Å². The first kappa shape index (κ1) is 29.0. The lowest BCUT2D eigenvalue weighted by Gasteiger charge is -2.31. The summed E-state index contributed by atoms with van der Waals surface area (Å²) in [6.45, 7) is 1.70. The van der Waals surface area contributed by atoms with E-state index in [-0.39, 0.29) is 23.2 Å². The Balaban J connectivity index is 1.43. The van der Waals surface area contributed by atoms with Crippen molar-refractivity contribution in [3.05, 3.63) is 97.4 Å². The van der Waals surface area contributed by atoms with Gasteiger partial charge in [0, 0.05) is 21.5 Å². The number of aromatic nitrogens is 1. The van der Waals surface area contributed by atoms with Gasteiger partial charge in [0.05, 0.1) is 30.9 Å². The molecule has 0 radical (unpaired) electrons. The number of fused-ring (bicyclic) bond motifs is 2. The molecule has 1 aromatic heterocycles. The van der Waals surface area contributed by atoms with E-state index in [4.69, 9.17) is 21.1 Å². The minimum atomic E-state index is -0.825. The van der Waals surface area contributed by atoms with Crippen LogP contribution in [0.4, 0.5) is 11.4 Å². The van der Waals surface area contributed by atoms with E-state index in [0.717, 1.165) is 28.7 Å². The van der Waals surface area contributed by atoms with E-state index in [1.54, 1.807) is 48.5 Å². The van der Waals surface area contributed by atoms with E-state index in [1.165, 1.54) is 23.7 Å². The highest BCUT2D eigenvalue weighted by Gasteiger charge is 2.57. The van der Waals surface area contributed by atoms with Crippen LogP contribution in [-0.2, 0) is 20.9 Å². The van der Waals surface area contributed by atoms with Gasteiger partial charge in [0.25, 0.3) is 0 Å². The van der Waals surface area contributed by atoms with Crippen molar-refractivity contribution in [3.8, 4) is 11.5 Å². The standard InChI is InChI=1S/C31H26ClN3O6S2/c1-16-4-9-19(10-5-16)33-23(36)15-34-30-27(43-31(34)39)24(17-6-13-21(40-2)22(14-17)41-3)25-26(42-30)29(38)35(28(25)37)20-11-7-18(32)8-12-20/h4-14,24-26H,15H2,1-3H3,(H,33,36)/t24-,25?,26?/m1/s1. The molecule has 3 aromatic carbocycles. The van der Waals surface area contributed by atoms with E-state index in [2.05, 4.69) is 5.32 Å². The molecule has 6 rings (SSSR count). The first-order chi connectivity index (χ1) is 20.7. The second kappa shape index (κ2) is 11.6. The summed E-state index contributed by atoms with van der Waals surface area (Å²) in [5, 5.41) is 2.98. The number of thiazole rings is 1. The largest absolute Gasteiger partial charge is 0.493 e. The molecular formula is C31H26ClN3O6S2. The molecule has 3 heterocycles. The average molecular weight is 636 g/mol. The first-order valence-corrected chi connectivity index (χ1v) is 15.4. The summed E-state index contributed by atoms with van der Waals surface area (Å²) in [5.74, 6) is -1.64. The molecule has 2 aliphatic rings. The lowest BCUT2D eigenvalue weighted by atomic mass is 9.83. The summed E-state index contributed by atoms with van der Waals surface area (Å²) < 4.78 is 12.3. The number of nitrogens with zero attached hydrogens (tertiary/aromatic N) is 2. The number of hydrogen-bond donors (Lipinski definition) is 1. The number of imide groups is 1. The van der Waals surface area contributed by atoms with Crippen molar-refractivity contribution in [3.63, 3.8) is 0 Å². The number of hydrogen-bond acceptors (Lipinski definition) is 8. The zero-order valence-electron chi connectivity index (χ0n) is 23.3. The van der Waals surface area contributed by atoms with Gasteiger partial charge in [-0.25, -0.2) is 4.90 Å². The molecule has 1 saturated heterocycles. The fourth-order valence-electron chi connectivity index (χ4n) is 5.49. The van der Waals surface area contributed by atoms with Gasteiger partial charge in [-0.3, -0.25) is 23.7 Å². The van der Waals surface area contributed by atoms with Gasteiger partial charge in [-0.15, -0.1) is 0 Å². The van der Waals surface area contributed by atoms with Crippen molar-refractivity contribution >= 4 is 63.8 Å². The van der Waals surface area contributed by atoms with E-state index in [9.17, 15) is 19.2 Å². The predicted molar refractivity (Wildman–Crippen MR) is 167 cm³/mol. The normalized spacial score (nSPS) is 19.2. The number of thioether (sulfide) groups is 1. The number of anilines is 2. The lowest BCUT2D eigenvalue weighted by molar-refractivity contribution is -0.122. The zero-order chi connectivity index (χ0) is 30.4. The van der Waals surface area contributed by atoms with E-state index in [1.807, 2.05) is 25.1 Å². The topological polar surface area (TPSA) is 107 Å². The summed E-state index contributed by atoms with van der Waals surface area (Å²) in [5.41, 5.74) is 2.76. The smallest absolute Gasteiger partial charge is 0.308 e. The number of benzene rings is 3. The number of halogens is 1. The summed E-state index contributed by atoms with van der Waals surface area (Å²) in [4.78, 5) is 55.9. The second-order valence-corrected chi connectivity index (χ2v) is 12.7. The maximum atomic E-state index is 14.1. The minimum absolute atomic E-state index is 0.245. The molecule has 2 unspecified atom stereocenters. The Kier molecular flexibility index (Phi) is 7.80. The van der Waals surface area contributed by atoms with Crippen molar-refractivity contribution in [1.29, 1.82) is 0 Å². The van der Waals surface area contributed by atoms with E-state index < -0.39 is 23.0 Å². The van der Waals surface area contributed by atoms with Crippen LogP contribution in [0.3, 0.4) is 0 Å². The molecule has 220 valence electrons. The third kappa shape index (κ3) is 5.21. The Morgan fingerprint density at radius 2 is 1.63 bits per heavy atom. The summed E-state index contributed by atoms with van der Waals surface area (Å²) >= 11 is 8.20. The molecule has 3 amide bonds. The Hall–Kier alpha value is -4.06. The van der Waals surface area contributed by atoms with Crippen LogP contribution in [0.25, 0.3) is 0 Å². The molecule has 0 saturated carbocycles. The number of rotatable bonds is 7. The molecule has 1 fully saturated rings.